The van der Waals surface area contributed by atoms with Crippen LogP contribution in [0, 0.1) is 0 Å². The average Bonchev–Trinajstić information content (AvgIpc) is 2.83. The summed E-state index contributed by atoms with van der Waals surface area (Å²) in [6, 6.07) is 19.0. The Balaban J connectivity index is 0.00000385. The number of piperidine rings is 1. The summed E-state index contributed by atoms with van der Waals surface area (Å²) in [7, 11) is 1.79. The number of aliphatic imine (C=N–C) groups is 1. The quantitative estimate of drug-likeness (QED) is 0.175. The van der Waals surface area contributed by atoms with Gasteiger partial charge in [-0.05, 0) is 42.9 Å². The van der Waals surface area contributed by atoms with Gasteiger partial charge in [0, 0.05) is 46.4 Å². The zero-order valence-electron chi connectivity index (χ0n) is 19.9. The molecular weight excluding hydrogens is 527 g/mol. The maximum absolute atomic E-state index is 9.64. The van der Waals surface area contributed by atoms with E-state index in [4.69, 9.17) is 4.74 Å². The fourth-order valence-corrected chi connectivity index (χ4v) is 3.86. The molecule has 1 saturated heterocycles. The summed E-state index contributed by atoms with van der Waals surface area (Å²) >= 11 is 0. The van der Waals surface area contributed by atoms with Gasteiger partial charge < -0.3 is 20.5 Å². The number of likely N-dealkylation sites (tertiary alicyclic amines) is 1. The second-order valence-electron chi connectivity index (χ2n) is 8.45. The maximum Gasteiger partial charge on any atom is 0.191 e. The first-order valence-corrected chi connectivity index (χ1v) is 11.7. The van der Waals surface area contributed by atoms with Crippen molar-refractivity contribution in [3.05, 3.63) is 71.3 Å². The van der Waals surface area contributed by atoms with Gasteiger partial charge >= 0.3 is 0 Å². The van der Waals surface area contributed by atoms with E-state index in [2.05, 4.69) is 63.8 Å². The Kier molecular flexibility index (Phi) is 12.8. The number of benzene rings is 2. The molecule has 7 heteroatoms. The highest BCUT2D eigenvalue weighted by Crippen LogP contribution is 2.16. The van der Waals surface area contributed by atoms with Gasteiger partial charge in [0.05, 0.1) is 12.2 Å². The zero-order valence-corrected chi connectivity index (χ0v) is 22.2. The van der Waals surface area contributed by atoms with Gasteiger partial charge in [-0.3, -0.25) is 9.89 Å². The molecule has 2 aromatic rings. The Bertz CT molecular complexity index is 809. The molecule has 0 amide bonds. The number of hydrogen-bond acceptors (Lipinski definition) is 4. The maximum atomic E-state index is 9.64. The van der Waals surface area contributed by atoms with Crippen LogP contribution in [0.15, 0.2) is 59.6 Å². The minimum absolute atomic E-state index is 0. The first-order chi connectivity index (χ1) is 15.6. The van der Waals surface area contributed by atoms with Crippen molar-refractivity contribution in [3.63, 3.8) is 0 Å². The Hall–Kier alpha value is -1.68. The number of hydrogen-bond donors (Lipinski definition) is 3. The van der Waals surface area contributed by atoms with E-state index in [1.54, 1.807) is 7.05 Å². The van der Waals surface area contributed by atoms with E-state index in [1.807, 2.05) is 18.2 Å². The minimum Gasteiger partial charge on any atom is -0.393 e. The molecule has 1 unspecified atom stereocenters. The van der Waals surface area contributed by atoms with Crippen molar-refractivity contribution in [3.8, 4) is 0 Å². The third kappa shape index (κ3) is 10.00. The van der Waals surface area contributed by atoms with Crippen molar-refractivity contribution in [2.45, 2.75) is 51.5 Å². The van der Waals surface area contributed by atoms with Crippen molar-refractivity contribution >= 4 is 29.9 Å². The average molecular weight is 567 g/mol. The van der Waals surface area contributed by atoms with E-state index in [-0.39, 0.29) is 36.2 Å². The molecule has 0 radical (unpaired) electrons. The van der Waals surface area contributed by atoms with Crippen LogP contribution >= 0.6 is 24.0 Å². The standard InChI is InChI=1S/C26H38N4O2.HI/c1-21(24-7-4-3-5-8-24)32-18-6-15-28-26(27-2)29-19-22-9-11-23(12-10-22)20-30-16-13-25(31)14-17-30;/h3-5,7-12,21,25,31H,6,13-20H2,1-2H3,(H2,27,28,29);1H. The Morgan fingerprint density at radius 2 is 1.73 bits per heavy atom. The summed E-state index contributed by atoms with van der Waals surface area (Å²) in [5.41, 5.74) is 3.75. The van der Waals surface area contributed by atoms with Gasteiger partial charge in [0.1, 0.15) is 0 Å². The summed E-state index contributed by atoms with van der Waals surface area (Å²) in [5.74, 6) is 0.803. The largest absolute Gasteiger partial charge is 0.393 e. The molecule has 1 aliphatic heterocycles. The predicted molar refractivity (Wildman–Crippen MR) is 146 cm³/mol. The fourth-order valence-electron chi connectivity index (χ4n) is 3.86. The van der Waals surface area contributed by atoms with Gasteiger partial charge in [-0.2, -0.15) is 0 Å². The third-order valence-electron chi connectivity index (χ3n) is 5.92. The lowest BCUT2D eigenvalue weighted by Gasteiger charge is -2.29. The number of aliphatic hydroxyl groups excluding tert-OH is 1. The molecule has 0 spiro atoms. The van der Waals surface area contributed by atoms with Crippen LogP contribution in [0.1, 0.15) is 49.0 Å². The van der Waals surface area contributed by atoms with Gasteiger partial charge in [0.15, 0.2) is 5.96 Å². The third-order valence-corrected chi connectivity index (χ3v) is 5.92. The lowest BCUT2D eigenvalue weighted by Crippen LogP contribution is -2.37. The lowest BCUT2D eigenvalue weighted by atomic mass is 10.1. The molecule has 0 bridgehead atoms. The van der Waals surface area contributed by atoms with E-state index < -0.39 is 0 Å². The van der Waals surface area contributed by atoms with Crippen LogP contribution in [0.4, 0.5) is 0 Å². The number of nitrogens with zero attached hydrogens (tertiary/aromatic N) is 2. The SMILES string of the molecule is CN=C(NCCCOC(C)c1ccccc1)NCc1ccc(CN2CCC(O)CC2)cc1.I. The summed E-state index contributed by atoms with van der Waals surface area (Å²) in [5, 5.41) is 16.4. The number of nitrogens with one attached hydrogen (secondary N) is 2. The van der Waals surface area contributed by atoms with Gasteiger partial charge in [0.25, 0.3) is 0 Å². The van der Waals surface area contributed by atoms with Crippen LogP contribution in [0.2, 0.25) is 0 Å². The molecule has 0 saturated carbocycles. The molecule has 3 rings (SSSR count). The monoisotopic (exact) mass is 566 g/mol. The van der Waals surface area contributed by atoms with Crippen molar-refractivity contribution < 1.29 is 9.84 Å². The van der Waals surface area contributed by atoms with E-state index in [0.29, 0.717) is 6.61 Å². The van der Waals surface area contributed by atoms with Crippen LogP contribution in [0.5, 0.6) is 0 Å². The smallest absolute Gasteiger partial charge is 0.191 e. The number of rotatable bonds is 10. The normalized spacial score (nSPS) is 16.2. The molecule has 2 aromatic carbocycles. The highest BCUT2D eigenvalue weighted by atomic mass is 127. The van der Waals surface area contributed by atoms with Gasteiger partial charge in [0.2, 0.25) is 0 Å². The van der Waals surface area contributed by atoms with Crippen molar-refractivity contribution in [2.75, 3.05) is 33.3 Å². The number of ether oxygens (including phenoxy) is 1. The van der Waals surface area contributed by atoms with Crippen molar-refractivity contribution in [1.29, 1.82) is 0 Å². The molecule has 1 fully saturated rings. The molecule has 0 aromatic heterocycles. The van der Waals surface area contributed by atoms with Crippen LogP contribution < -0.4 is 10.6 Å². The summed E-state index contributed by atoms with van der Waals surface area (Å²) in [6.45, 7) is 7.24. The fraction of sp³-hybridized carbons (Fsp3) is 0.500. The van der Waals surface area contributed by atoms with Crippen LogP contribution in [-0.4, -0.2) is 55.4 Å². The van der Waals surface area contributed by atoms with Crippen molar-refractivity contribution in [1.82, 2.24) is 15.5 Å². The van der Waals surface area contributed by atoms with Crippen LogP contribution in [-0.2, 0) is 17.8 Å². The predicted octanol–water partition coefficient (Wildman–Crippen LogP) is 4.09. The number of halogens is 1. The highest BCUT2D eigenvalue weighted by Gasteiger charge is 2.16. The van der Waals surface area contributed by atoms with Crippen LogP contribution in [0.25, 0.3) is 0 Å². The van der Waals surface area contributed by atoms with E-state index in [9.17, 15) is 5.11 Å². The Morgan fingerprint density at radius 3 is 2.39 bits per heavy atom. The second-order valence-corrected chi connectivity index (χ2v) is 8.45. The molecule has 1 atom stereocenters. The molecule has 33 heavy (non-hydrogen) atoms. The van der Waals surface area contributed by atoms with E-state index >= 15 is 0 Å². The molecule has 182 valence electrons. The number of guanidine groups is 1. The van der Waals surface area contributed by atoms with Gasteiger partial charge in [-0.1, -0.05) is 54.6 Å². The Morgan fingerprint density at radius 1 is 1.06 bits per heavy atom. The van der Waals surface area contributed by atoms with E-state index in [1.165, 1.54) is 16.7 Å². The highest BCUT2D eigenvalue weighted by molar-refractivity contribution is 14.0. The molecule has 6 nitrogen and oxygen atoms in total. The molecule has 1 aliphatic rings. The second kappa shape index (κ2) is 15.3. The Labute approximate surface area is 215 Å². The summed E-state index contributed by atoms with van der Waals surface area (Å²) in [4.78, 5) is 6.72. The number of aliphatic hydroxyl groups is 1. The molecule has 3 N–H and O–H groups in total. The summed E-state index contributed by atoms with van der Waals surface area (Å²) < 4.78 is 5.93. The molecule has 0 aliphatic carbocycles. The first-order valence-electron chi connectivity index (χ1n) is 11.7. The molecular formula is C26H39IN4O2. The molecule has 1 heterocycles. The zero-order chi connectivity index (χ0) is 22.6. The minimum atomic E-state index is -0.117. The summed E-state index contributed by atoms with van der Waals surface area (Å²) in [6.07, 6.45) is 2.67. The first kappa shape index (κ1) is 27.6. The lowest BCUT2D eigenvalue weighted by molar-refractivity contribution is 0.0646. The van der Waals surface area contributed by atoms with Gasteiger partial charge in [-0.25, -0.2) is 0 Å². The topological polar surface area (TPSA) is 69.1 Å². The van der Waals surface area contributed by atoms with E-state index in [0.717, 1.165) is 57.9 Å². The van der Waals surface area contributed by atoms with Crippen LogP contribution in [0.3, 0.4) is 0 Å². The van der Waals surface area contributed by atoms with Crippen molar-refractivity contribution in [2.24, 2.45) is 4.99 Å². The van der Waals surface area contributed by atoms with Gasteiger partial charge in [-0.15, -0.1) is 24.0 Å².